The van der Waals surface area contributed by atoms with Crippen LogP contribution in [0.2, 0.25) is 0 Å². The molecule has 1 aromatic carbocycles. The number of amides is 1. The van der Waals surface area contributed by atoms with Gasteiger partial charge in [0.15, 0.2) is 6.29 Å². The number of thiophene rings is 1. The molecule has 190 valence electrons. The topological polar surface area (TPSA) is 77.0 Å². The number of hydrogen-bond acceptors (Lipinski definition) is 6. The number of rotatable bonds is 7. The third-order valence-electron chi connectivity index (χ3n) is 8.81. The predicted molar refractivity (Wildman–Crippen MR) is 135 cm³/mol. The van der Waals surface area contributed by atoms with Crippen molar-refractivity contribution in [3.63, 3.8) is 0 Å². The molecule has 1 aromatic heterocycles. The van der Waals surface area contributed by atoms with Crippen LogP contribution in [0.1, 0.15) is 50.8 Å². The largest absolute Gasteiger partial charge is 0.488 e. The normalized spacial score (nSPS) is 36.6. The van der Waals surface area contributed by atoms with Crippen LogP contribution in [0.4, 0.5) is 0 Å². The zero-order valence-electron chi connectivity index (χ0n) is 20.7. The number of carbonyl (C=O) groups excluding carboxylic acids is 1. The van der Waals surface area contributed by atoms with Gasteiger partial charge in [-0.2, -0.15) is 0 Å². The zero-order chi connectivity index (χ0) is 24.5. The van der Waals surface area contributed by atoms with E-state index in [0.717, 1.165) is 29.9 Å². The van der Waals surface area contributed by atoms with Gasteiger partial charge in [-0.25, -0.2) is 0 Å². The number of aliphatic hydroxyl groups is 1. The van der Waals surface area contributed by atoms with Crippen molar-refractivity contribution in [3.05, 3.63) is 52.7 Å². The number of nitrogens with one attached hydrogen (secondary N) is 1. The molecule has 2 aromatic rings. The van der Waals surface area contributed by atoms with Crippen LogP contribution in [0.5, 0.6) is 5.75 Å². The van der Waals surface area contributed by atoms with Crippen LogP contribution >= 0.6 is 11.3 Å². The molecular formula is C28H37NO5S. The third-order valence-corrected chi connectivity index (χ3v) is 9.68. The van der Waals surface area contributed by atoms with Gasteiger partial charge in [-0.05, 0) is 66.5 Å². The first kappa shape index (κ1) is 24.8. The highest BCUT2D eigenvalue weighted by Gasteiger charge is 2.61. The molecule has 3 aliphatic rings. The van der Waals surface area contributed by atoms with Gasteiger partial charge < -0.3 is 24.6 Å². The van der Waals surface area contributed by atoms with Gasteiger partial charge in [0, 0.05) is 16.7 Å². The Morgan fingerprint density at radius 2 is 1.97 bits per heavy atom. The average molecular weight is 500 g/mol. The second-order valence-electron chi connectivity index (χ2n) is 10.9. The summed E-state index contributed by atoms with van der Waals surface area (Å²) in [5.41, 5.74) is -0.286. The maximum atomic E-state index is 12.9. The van der Waals surface area contributed by atoms with Crippen LogP contribution in [0.25, 0.3) is 0 Å². The summed E-state index contributed by atoms with van der Waals surface area (Å²) in [6.45, 7) is 6.08. The molecule has 2 N–H and O–H groups in total. The lowest BCUT2D eigenvalue weighted by atomic mass is 9.46. The summed E-state index contributed by atoms with van der Waals surface area (Å²) < 4.78 is 18.5. The Bertz CT molecular complexity index is 984. The van der Waals surface area contributed by atoms with Crippen molar-refractivity contribution in [3.8, 4) is 5.75 Å². The van der Waals surface area contributed by atoms with Crippen LogP contribution in [-0.2, 0) is 20.8 Å². The fraction of sp³-hybridized carbons (Fsp3) is 0.607. The summed E-state index contributed by atoms with van der Waals surface area (Å²) in [5.74, 6) is 1.08. The molecule has 0 radical (unpaired) electrons. The molecule has 3 fully saturated rings. The molecule has 7 heteroatoms. The summed E-state index contributed by atoms with van der Waals surface area (Å²) in [7, 11) is 0. The Morgan fingerprint density at radius 1 is 1.14 bits per heavy atom. The van der Waals surface area contributed by atoms with E-state index < -0.39 is 6.10 Å². The Kier molecular flexibility index (Phi) is 7.22. The van der Waals surface area contributed by atoms with Crippen molar-refractivity contribution < 1.29 is 24.1 Å². The van der Waals surface area contributed by atoms with E-state index in [-0.39, 0.29) is 35.0 Å². The Morgan fingerprint density at radius 3 is 2.74 bits per heavy atom. The van der Waals surface area contributed by atoms with E-state index in [4.69, 9.17) is 14.2 Å². The maximum absolute atomic E-state index is 12.9. The lowest BCUT2D eigenvalue weighted by molar-refractivity contribution is -0.313. The molecule has 2 heterocycles. The second-order valence-corrected chi connectivity index (χ2v) is 11.9. The van der Waals surface area contributed by atoms with Gasteiger partial charge in [0.05, 0.1) is 25.4 Å². The van der Waals surface area contributed by atoms with Gasteiger partial charge >= 0.3 is 0 Å². The fourth-order valence-corrected chi connectivity index (χ4v) is 7.57. The monoisotopic (exact) mass is 499 g/mol. The first-order valence-electron chi connectivity index (χ1n) is 12.8. The molecule has 2 saturated carbocycles. The van der Waals surface area contributed by atoms with Crippen LogP contribution in [0.15, 0.2) is 47.8 Å². The number of benzene rings is 1. The van der Waals surface area contributed by atoms with Crippen molar-refractivity contribution in [1.29, 1.82) is 0 Å². The standard InChI is InChI=1S/C28H37NO5S/c1-27-13-12-24-28(2,18-33-26(34-24)17-32-19-7-4-3-5-8-19)23(27)11-10-22(30)21(27)15-25(31)29-16-20-9-6-14-35-20/h3-9,14,21-24,26,30H,10-13,15-18H2,1-2H3,(H,29,31)/t21-,22-,23+,24+,26-,27+,28+/m1/s1. The number of fused-ring (bicyclic) bond motifs is 3. The van der Waals surface area contributed by atoms with Gasteiger partial charge in [-0.3, -0.25) is 4.79 Å². The minimum atomic E-state index is -0.457. The van der Waals surface area contributed by atoms with E-state index in [1.54, 1.807) is 11.3 Å². The van der Waals surface area contributed by atoms with E-state index in [1.807, 2.05) is 47.8 Å². The van der Waals surface area contributed by atoms with Gasteiger partial charge in [-0.15, -0.1) is 11.3 Å². The molecule has 1 amide bonds. The van der Waals surface area contributed by atoms with Crippen molar-refractivity contribution in [2.75, 3.05) is 13.2 Å². The first-order chi connectivity index (χ1) is 16.9. The summed E-state index contributed by atoms with van der Waals surface area (Å²) in [6, 6.07) is 13.8. The SMILES string of the molecule is C[C@@]12CO[C@@H](COc3ccccc3)O[C@H]1CC[C@]1(C)[C@@H]2CC[C@@H](O)[C@H]1CC(=O)NCc1cccs1. The molecule has 1 aliphatic heterocycles. The molecule has 5 rings (SSSR count). The Hall–Kier alpha value is -1.93. The number of aliphatic hydroxyl groups excluding tert-OH is 1. The fourth-order valence-electron chi connectivity index (χ4n) is 6.93. The highest BCUT2D eigenvalue weighted by molar-refractivity contribution is 7.09. The van der Waals surface area contributed by atoms with Gasteiger partial charge in [0.25, 0.3) is 0 Å². The minimum absolute atomic E-state index is 0.0193. The summed E-state index contributed by atoms with van der Waals surface area (Å²) in [5, 5.41) is 16.1. The number of carbonyl (C=O) groups is 1. The van der Waals surface area contributed by atoms with Gasteiger partial charge in [-0.1, -0.05) is 38.1 Å². The van der Waals surface area contributed by atoms with E-state index >= 15 is 0 Å². The molecule has 0 unspecified atom stereocenters. The van der Waals surface area contributed by atoms with Crippen molar-refractivity contribution >= 4 is 17.2 Å². The lowest BCUT2D eigenvalue weighted by Gasteiger charge is -2.62. The molecular weight excluding hydrogens is 462 g/mol. The van der Waals surface area contributed by atoms with E-state index in [2.05, 4.69) is 19.2 Å². The smallest absolute Gasteiger partial charge is 0.220 e. The Labute approximate surface area is 212 Å². The van der Waals surface area contributed by atoms with E-state index in [0.29, 0.717) is 38.5 Å². The van der Waals surface area contributed by atoms with Crippen LogP contribution in [-0.4, -0.2) is 42.7 Å². The van der Waals surface area contributed by atoms with Crippen LogP contribution in [0, 0.1) is 22.7 Å². The number of para-hydroxylation sites is 1. The van der Waals surface area contributed by atoms with Crippen LogP contribution in [0.3, 0.4) is 0 Å². The molecule has 0 spiro atoms. The molecule has 6 nitrogen and oxygen atoms in total. The summed E-state index contributed by atoms with van der Waals surface area (Å²) in [6.07, 6.45) is 3.07. The van der Waals surface area contributed by atoms with Crippen molar-refractivity contribution in [1.82, 2.24) is 5.32 Å². The maximum Gasteiger partial charge on any atom is 0.220 e. The quantitative estimate of drug-likeness (QED) is 0.574. The first-order valence-corrected chi connectivity index (χ1v) is 13.7. The van der Waals surface area contributed by atoms with Crippen LogP contribution < -0.4 is 10.1 Å². The van der Waals surface area contributed by atoms with Gasteiger partial charge in [0.1, 0.15) is 12.4 Å². The minimum Gasteiger partial charge on any atom is -0.488 e. The summed E-state index contributed by atoms with van der Waals surface area (Å²) >= 11 is 1.64. The third kappa shape index (κ3) is 5.01. The van der Waals surface area contributed by atoms with Gasteiger partial charge in [0.2, 0.25) is 5.91 Å². The zero-order valence-corrected chi connectivity index (χ0v) is 21.5. The van der Waals surface area contributed by atoms with E-state index in [1.165, 1.54) is 0 Å². The molecule has 2 aliphatic carbocycles. The van der Waals surface area contributed by atoms with Crippen molar-refractivity contribution in [2.45, 2.75) is 71.0 Å². The lowest BCUT2D eigenvalue weighted by Crippen LogP contribution is -2.63. The second kappa shape index (κ2) is 10.2. The molecule has 0 bridgehead atoms. The highest BCUT2D eigenvalue weighted by atomic mass is 32.1. The number of hydrogen-bond donors (Lipinski definition) is 2. The average Bonchev–Trinajstić information content (AvgIpc) is 3.38. The molecule has 7 atom stereocenters. The van der Waals surface area contributed by atoms with Crippen molar-refractivity contribution in [2.24, 2.45) is 22.7 Å². The molecule has 1 saturated heterocycles. The number of ether oxygens (including phenoxy) is 3. The summed E-state index contributed by atoms with van der Waals surface area (Å²) in [4.78, 5) is 14.0. The Balaban J connectivity index is 1.23. The predicted octanol–water partition coefficient (Wildman–Crippen LogP) is 4.77. The van der Waals surface area contributed by atoms with E-state index in [9.17, 15) is 9.90 Å². The molecule has 35 heavy (non-hydrogen) atoms. The highest BCUT2D eigenvalue weighted by Crippen LogP contribution is 2.62.